The molecular weight excluding hydrogens is 398 g/mol. The van der Waals surface area contributed by atoms with Gasteiger partial charge in [0.25, 0.3) is 0 Å². The van der Waals surface area contributed by atoms with Crippen LogP contribution in [0.2, 0.25) is 0 Å². The number of rotatable bonds is 7. The van der Waals surface area contributed by atoms with Crippen LogP contribution < -0.4 is 9.81 Å². The monoisotopic (exact) mass is 417 g/mol. The fourth-order valence-electron chi connectivity index (χ4n) is 2.96. The SMILES string of the molecule is CCCCc1ccc(S(=O)(=O)Oc2ccc3c(C)cc(=O)oc3c2[N+](=O)[O-])cc1. The highest BCUT2D eigenvalue weighted by Gasteiger charge is 2.28. The zero-order valence-electron chi connectivity index (χ0n) is 15.9. The van der Waals surface area contributed by atoms with Crippen LogP contribution in [-0.4, -0.2) is 13.3 Å². The predicted molar refractivity (Wildman–Crippen MR) is 107 cm³/mol. The predicted octanol–water partition coefficient (Wildman–Crippen LogP) is 4.12. The van der Waals surface area contributed by atoms with Crippen LogP contribution in [0.3, 0.4) is 0 Å². The van der Waals surface area contributed by atoms with Crippen molar-refractivity contribution in [3.63, 3.8) is 0 Å². The maximum Gasteiger partial charge on any atom is 0.355 e. The highest BCUT2D eigenvalue weighted by Crippen LogP contribution is 2.37. The Bertz CT molecular complexity index is 1230. The second-order valence-electron chi connectivity index (χ2n) is 6.58. The molecule has 0 spiro atoms. The van der Waals surface area contributed by atoms with Crippen LogP contribution in [0.25, 0.3) is 11.0 Å². The molecule has 3 rings (SSSR count). The highest BCUT2D eigenvalue weighted by atomic mass is 32.2. The minimum absolute atomic E-state index is 0.127. The average Bonchev–Trinajstić information content (AvgIpc) is 2.65. The molecular formula is C20H19NO7S. The number of nitrogens with zero attached hydrogens (tertiary/aromatic N) is 1. The van der Waals surface area contributed by atoms with Crippen molar-refractivity contribution < 1.29 is 21.9 Å². The van der Waals surface area contributed by atoms with Gasteiger partial charge in [-0.15, -0.1) is 0 Å². The van der Waals surface area contributed by atoms with Crippen molar-refractivity contribution in [3.05, 3.63) is 74.1 Å². The Balaban J connectivity index is 2.03. The van der Waals surface area contributed by atoms with Gasteiger partial charge in [-0.25, -0.2) is 4.79 Å². The third-order valence-electron chi connectivity index (χ3n) is 4.47. The highest BCUT2D eigenvalue weighted by molar-refractivity contribution is 7.87. The molecule has 0 amide bonds. The van der Waals surface area contributed by atoms with E-state index in [9.17, 15) is 23.3 Å². The van der Waals surface area contributed by atoms with Gasteiger partial charge in [0.15, 0.2) is 0 Å². The summed E-state index contributed by atoms with van der Waals surface area (Å²) in [5.41, 5.74) is -0.369. The first kappa shape index (κ1) is 20.5. The Morgan fingerprint density at radius 3 is 2.45 bits per heavy atom. The molecule has 2 aromatic carbocycles. The molecule has 0 aliphatic carbocycles. The van der Waals surface area contributed by atoms with Gasteiger partial charge in [0.1, 0.15) is 4.90 Å². The first-order valence-corrected chi connectivity index (χ1v) is 10.4. The van der Waals surface area contributed by atoms with E-state index < -0.39 is 32.1 Å². The molecule has 3 aromatic rings. The van der Waals surface area contributed by atoms with Gasteiger partial charge >= 0.3 is 21.4 Å². The van der Waals surface area contributed by atoms with Crippen molar-refractivity contribution in [1.29, 1.82) is 0 Å². The minimum atomic E-state index is -4.32. The number of unbranched alkanes of at least 4 members (excludes halogenated alkanes) is 1. The van der Waals surface area contributed by atoms with E-state index in [2.05, 4.69) is 6.92 Å². The van der Waals surface area contributed by atoms with E-state index in [1.165, 1.54) is 30.3 Å². The molecule has 1 aromatic heterocycles. The Hall–Kier alpha value is -3.20. The van der Waals surface area contributed by atoms with Gasteiger partial charge in [-0.2, -0.15) is 8.42 Å². The van der Waals surface area contributed by atoms with Crippen molar-refractivity contribution in [3.8, 4) is 5.75 Å². The van der Waals surface area contributed by atoms with E-state index in [-0.39, 0.29) is 10.5 Å². The first-order valence-electron chi connectivity index (χ1n) is 8.98. The second kappa shape index (κ2) is 8.04. The summed E-state index contributed by atoms with van der Waals surface area (Å²) in [6.45, 7) is 3.66. The molecule has 0 radical (unpaired) electrons. The molecule has 0 fully saturated rings. The van der Waals surface area contributed by atoms with Crippen molar-refractivity contribution >= 4 is 26.8 Å². The Morgan fingerprint density at radius 1 is 1.14 bits per heavy atom. The van der Waals surface area contributed by atoms with Gasteiger partial charge in [0.05, 0.1) is 4.92 Å². The lowest BCUT2D eigenvalue weighted by molar-refractivity contribution is -0.384. The molecule has 0 saturated heterocycles. The van der Waals surface area contributed by atoms with Gasteiger partial charge in [0.2, 0.25) is 11.3 Å². The van der Waals surface area contributed by atoms with Crippen molar-refractivity contribution in [2.24, 2.45) is 0 Å². The normalized spacial score (nSPS) is 11.5. The summed E-state index contributed by atoms with van der Waals surface area (Å²) < 4.78 is 35.3. The maximum absolute atomic E-state index is 12.6. The number of fused-ring (bicyclic) bond motifs is 1. The Kier molecular flexibility index (Phi) is 5.69. The summed E-state index contributed by atoms with van der Waals surface area (Å²) in [4.78, 5) is 22.3. The molecule has 0 saturated carbocycles. The fourth-order valence-corrected chi connectivity index (χ4v) is 3.90. The molecule has 1 heterocycles. The van der Waals surface area contributed by atoms with Gasteiger partial charge in [-0.05, 0) is 55.2 Å². The molecule has 9 heteroatoms. The lowest BCUT2D eigenvalue weighted by atomic mass is 10.1. The van der Waals surface area contributed by atoms with Crippen molar-refractivity contribution in [2.45, 2.75) is 38.0 Å². The third-order valence-corrected chi connectivity index (χ3v) is 5.72. The Labute approximate surface area is 167 Å². The third kappa shape index (κ3) is 4.29. The van der Waals surface area contributed by atoms with Crippen LogP contribution in [0.1, 0.15) is 30.9 Å². The molecule has 152 valence electrons. The zero-order chi connectivity index (χ0) is 21.2. The van der Waals surface area contributed by atoms with Gasteiger partial charge < -0.3 is 8.60 Å². The minimum Gasteiger partial charge on any atom is -0.415 e. The van der Waals surface area contributed by atoms with E-state index in [0.29, 0.717) is 10.9 Å². The van der Waals surface area contributed by atoms with Crippen LogP contribution in [0.5, 0.6) is 5.75 Å². The summed E-state index contributed by atoms with van der Waals surface area (Å²) in [5.74, 6) is -0.522. The number of benzene rings is 2. The quantitative estimate of drug-likeness (QED) is 0.246. The van der Waals surface area contributed by atoms with Crippen molar-refractivity contribution in [2.75, 3.05) is 0 Å². The summed E-state index contributed by atoms with van der Waals surface area (Å²) in [5, 5.41) is 11.9. The number of hydrogen-bond acceptors (Lipinski definition) is 7. The van der Waals surface area contributed by atoms with E-state index >= 15 is 0 Å². The summed E-state index contributed by atoms with van der Waals surface area (Å²) in [7, 11) is -4.32. The van der Waals surface area contributed by atoms with E-state index in [0.717, 1.165) is 24.8 Å². The summed E-state index contributed by atoms with van der Waals surface area (Å²) in [6, 6.07) is 9.96. The molecule has 0 atom stereocenters. The van der Waals surface area contributed by atoms with Crippen LogP contribution >= 0.6 is 0 Å². The Morgan fingerprint density at radius 2 is 1.83 bits per heavy atom. The molecule has 8 nitrogen and oxygen atoms in total. The summed E-state index contributed by atoms with van der Waals surface area (Å²) in [6.07, 6.45) is 2.83. The van der Waals surface area contributed by atoms with Crippen LogP contribution in [0.15, 0.2) is 56.6 Å². The van der Waals surface area contributed by atoms with Gasteiger partial charge in [-0.1, -0.05) is 25.5 Å². The molecule has 0 aliphatic rings. The van der Waals surface area contributed by atoms with Crippen LogP contribution in [0.4, 0.5) is 5.69 Å². The number of aryl methyl sites for hydroxylation is 2. The van der Waals surface area contributed by atoms with Crippen LogP contribution in [-0.2, 0) is 16.5 Å². The number of nitro benzene ring substituents is 1. The number of hydrogen-bond donors (Lipinski definition) is 0. The molecule has 0 aliphatic heterocycles. The topological polar surface area (TPSA) is 117 Å². The zero-order valence-corrected chi connectivity index (χ0v) is 16.7. The molecule has 0 N–H and O–H groups in total. The molecule has 0 unspecified atom stereocenters. The molecule has 0 bridgehead atoms. The lowest BCUT2D eigenvalue weighted by Crippen LogP contribution is -2.11. The van der Waals surface area contributed by atoms with Crippen LogP contribution in [0, 0.1) is 17.0 Å². The van der Waals surface area contributed by atoms with Gasteiger partial charge in [-0.3, -0.25) is 10.1 Å². The first-order chi connectivity index (χ1) is 13.7. The summed E-state index contributed by atoms with van der Waals surface area (Å²) >= 11 is 0. The smallest absolute Gasteiger partial charge is 0.355 e. The second-order valence-corrected chi connectivity index (χ2v) is 8.13. The maximum atomic E-state index is 12.6. The van der Waals surface area contributed by atoms with Crippen molar-refractivity contribution in [1.82, 2.24) is 0 Å². The number of nitro groups is 1. The lowest BCUT2D eigenvalue weighted by Gasteiger charge is -2.10. The van der Waals surface area contributed by atoms with E-state index in [1.807, 2.05) is 0 Å². The molecule has 29 heavy (non-hydrogen) atoms. The average molecular weight is 417 g/mol. The largest absolute Gasteiger partial charge is 0.415 e. The van der Waals surface area contributed by atoms with E-state index in [4.69, 9.17) is 8.60 Å². The van der Waals surface area contributed by atoms with Gasteiger partial charge in [0, 0.05) is 11.5 Å². The van der Waals surface area contributed by atoms with E-state index in [1.54, 1.807) is 19.1 Å². The standard InChI is InChI=1S/C20H19NO7S/c1-3-4-5-14-6-8-15(9-7-14)29(25,26)28-17-11-10-16-13(2)12-18(22)27-20(16)19(17)21(23)24/h6-12H,3-5H2,1-2H3. The fraction of sp³-hybridized carbons (Fsp3) is 0.250.